The lowest BCUT2D eigenvalue weighted by molar-refractivity contribution is 0.281. The molecule has 64 heavy (non-hydrogen) atoms. The summed E-state index contributed by atoms with van der Waals surface area (Å²) < 4.78 is 7.29. The predicted molar refractivity (Wildman–Crippen MR) is 263 cm³/mol. The zero-order chi connectivity index (χ0) is 42.5. The molecule has 0 bridgehead atoms. The fraction of sp³-hybridized carbons (Fsp3) is 0.111. The molecule has 3 unspecified atom stereocenters. The van der Waals surface area contributed by atoms with Crippen LogP contribution in [-0.4, -0.2) is 6.10 Å². The maximum atomic E-state index is 7.29. The molecule has 1 heterocycles. The van der Waals surface area contributed by atoms with Gasteiger partial charge in [-0.05, 0) is 118 Å². The first kappa shape index (κ1) is 37.1. The normalized spacial score (nSPS) is 17.1. The standard InChI is InChI=1S/C63H46O/c1-63(2)57-22-11-10-19-52(57)53-33-31-46(37-58(53)63)61-50-18-9-7-16-45(50)36-56-54-34-32-47(38-59(54)64-62(56)61)60(42-27-23-40(24-28-42)39-13-4-3-5-14-39)43-29-25-41(26-30-43)48-20-12-21-51-49-17-8-6-15-44(49)35-55(48)51/h3-34,36-38,56,60,62H,35H2,1-2H3. The molecule has 0 fully saturated rings. The van der Waals surface area contributed by atoms with E-state index in [0.717, 1.165) is 12.2 Å². The highest BCUT2D eigenvalue weighted by Gasteiger charge is 2.41. The molecule has 9 aromatic carbocycles. The van der Waals surface area contributed by atoms with Crippen molar-refractivity contribution < 1.29 is 4.74 Å². The van der Waals surface area contributed by atoms with Crippen LogP contribution in [0.25, 0.3) is 56.2 Å². The van der Waals surface area contributed by atoms with E-state index in [1.807, 2.05) is 0 Å². The summed E-state index contributed by atoms with van der Waals surface area (Å²) in [6, 6.07) is 76.9. The average molecular weight is 819 g/mol. The zero-order valence-electron chi connectivity index (χ0n) is 36.1. The molecule has 13 rings (SSSR count). The summed E-state index contributed by atoms with van der Waals surface area (Å²) in [6.45, 7) is 4.74. The minimum atomic E-state index is -0.133. The van der Waals surface area contributed by atoms with E-state index in [-0.39, 0.29) is 23.4 Å². The van der Waals surface area contributed by atoms with E-state index in [1.165, 1.54) is 111 Å². The summed E-state index contributed by atoms with van der Waals surface area (Å²) in [6.07, 6.45) is 3.28. The summed E-state index contributed by atoms with van der Waals surface area (Å²) in [7, 11) is 0. The second kappa shape index (κ2) is 14.3. The van der Waals surface area contributed by atoms with Gasteiger partial charge < -0.3 is 4.74 Å². The first-order valence-electron chi connectivity index (χ1n) is 22.8. The number of rotatable bonds is 6. The molecule has 0 saturated carbocycles. The molecule has 4 aliphatic rings. The average Bonchev–Trinajstić information content (AvgIpc) is 3.98. The van der Waals surface area contributed by atoms with Crippen molar-refractivity contribution in [1.82, 2.24) is 0 Å². The van der Waals surface area contributed by atoms with Crippen molar-refractivity contribution in [2.45, 2.75) is 43.6 Å². The van der Waals surface area contributed by atoms with Crippen LogP contribution in [0.1, 0.15) is 75.8 Å². The van der Waals surface area contributed by atoms with Crippen LogP contribution in [0.15, 0.2) is 206 Å². The van der Waals surface area contributed by atoms with Crippen molar-refractivity contribution in [2.24, 2.45) is 0 Å². The van der Waals surface area contributed by atoms with Crippen LogP contribution in [0.2, 0.25) is 0 Å². The van der Waals surface area contributed by atoms with Gasteiger partial charge in [-0.3, -0.25) is 0 Å². The van der Waals surface area contributed by atoms with E-state index in [1.54, 1.807) is 0 Å². The number of ether oxygens (including phenoxy) is 1. The van der Waals surface area contributed by atoms with Crippen LogP contribution in [0.4, 0.5) is 0 Å². The van der Waals surface area contributed by atoms with Gasteiger partial charge >= 0.3 is 0 Å². The van der Waals surface area contributed by atoms with E-state index < -0.39 is 0 Å². The summed E-state index contributed by atoms with van der Waals surface area (Å²) in [5, 5.41) is 2.53. The molecular formula is C63H46O. The Balaban J connectivity index is 0.896. The maximum absolute atomic E-state index is 7.29. The van der Waals surface area contributed by atoms with Crippen molar-refractivity contribution >= 4 is 11.6 Å². The van der Waals surface area contributed by atoms with Crippen LogP contribution >= 0.6 is 0 Å². The molecule has 0 N–H and O–H groups in total. The Kier molecular flexibility index (Phi) is 8.28. The van der Waals surface area contributed by atoms with E-state index in [9.17, 15) is 0 Å². The third-order valence-electron chi connectivity index (χ3n) is 14.9. The van der Waals surface area contributed by atoms with Crippen LogP contribution in [0, 0.1) is 0 Å². The highest BCUT2D eigenvalue weighted by Crippen LogP contribution is 2.51. The van der Waals surface area contributed by atoms with Gasteiger partial charge in [-0.2, -0.15) is 0 Å². The quantitative estimate of drug-likeness (QED) is 0.152. The highest BCUT2D eigenvalue weighted by molar-refractivity contribution is 5.86. The van der Waals surface area contributed by atoms with Gasteiger partial charge in [0.1, 0.15) is 11.9 Å². The van der Waals surface area contributed by atoms with E-state index in [2.05, 4.69) is 226 Å². The smallest absolute Gasteiger partial charge is 0.135 e. The third kappa shape index (κ3) is 5.70. The summed E-state index contributed by atoms with van der Waals surface area (Å²) in [5.74, 6) is 1.09. The van der Waals surface area contributed by atoms with Gasteiger partial charge in [0.05, 0.1) is 0 Å². The number of hydrogen-bond acceptors (Lipinski definition) is 1. The van der Waals surface area contributed by atoms with Crippen LogP contribution in [-0.2, 0) is 11.8 Å². The van der Waals surface area contributed by atoms with Crippen molar-refractivity contribution in [3.05, 3.63) is 267 Å². The minimum absolute atomic E-state index is 0.00588. The Morgan fingerprint density at radius 3 is 1.92 bits per heavy atom. The maximum Gasteiger partial charge on any atom is 0.135 e. The second-order valence-electron chi connectivity index (χ2n) is 18.7. The number of fused-ring (bicyclic) bond motifs is 10. The molecule has 1 aliphatic heterocycles. The molecule has 3 atom stereocenters. The Bertz CT molecular complexity index is 3460. The molecule has 9 aromatic rings. The van der Waals surface area contributed by atoms with Crippen LogP contribution in [0.5, 0.6) is 5.75 Å². The van der Waals surface area contributed by atoms with E-state index >= 15 is 0 Å². The molecule has 304 valence electrons. The van der Waals surface area contributed by atoms with Crippen LogP contribution in [0.3, 0.4) is 0 Å². The lowest BCUT2D eigenvalue weighted by Crippen LogP contribution is -2.39. The Morgan fingerprint density at radius 2 is 1.09 bits per heavy atom. The first-order valence-corrected chi connectivity index (χ1v) is 22.8. The molecule has 0 amide bonds. The molecule has 0 spiro atoms. The first-order chi connectivity index (χ1) is 31.5. The summed E-state index contributed by atoms with van der Waals surface area (Å²) >= 11 is 0. The second-order valence-corrected chi connectivity index (χ2v) is 18.7. The zero-order valence-corrected chi connectivity index (χ0v) is 36.1. The Morgan fingerprint density at radius 1 is 0.469 bits per heavy atom. The van der Waals surface area contributed by atoms with Gasteiger partial charge in [-0.15, -0.1) is 0 Å². The lowest BCUT2D eigenvalue weighted by Gasteiger charge is -2.26. The van der Waals surface area contributed by atoms with Crippen LogP contribution < -0.4 is 15.2 Å². The molecule has 0 saturated heterocycles. The molecular weight excluding hydrogens is 773 g/mol. The molecule has 3 aliphatic carbocycles. The Hall–Kier alpha value is -7.48. The SMILES string of the molecule is CC1(C)c2ccccc2-c2ccc(C3=c4ccccc4=CC4c5ccc(C(c6ccc(-c7ccccc7)cc6)c6ccc(-c7cccc8c7Cc7ccccc7-8)cc6)cc5OC34)cc21. The van der Waals surface area contributed by atoms with Crippen molar-refractivity contribution in [2.75, 3.05) is 0 Å². The molecule has 1 heteroatoms. The van der Waals surface area contributed by atoms with E-state index in [0.29, 0.717) is 0 Å². The molecule has 0 radical (unpaired) electrons. The highest BCUT2D eigenvalue weighted by atomic mass is 16.5. The van der Waals surface area contributed by atoms with Gasteiger partial charge in [0.25, 0.3) is 0 Å². The van der Waals surface area contributed by atoms with Gasteiger partial charge in [-0.25, -0.2) is 0 Å². The van der Waals surface area contributed by atoms with Crippen molar-refractivity contribution in [1.29, 1.82) is 0 Å². The van der Waals surface area contributed by atoms with Gasteiger partial charge in [0.15, 0.2) is 0 Å². The molecule has 1 nitrogen and oxygen atoms in total. The third-order valence-corrected chi connectivity index (χ3v) is 14.9. The largest absolute Gasteiger partial charge is 0.484 e. The fourth-order valence-electron chi connectivity index (χ4n) is 11.7. The van der Waals surface area contributed by atoms with E-state index in [4.69, 9.17) is 4.74 Å². The minimum Gasteiger partial charge on any atom is -0.484 e. The van der Waals surface area contributed by atoms with Crippen molar-refractivity contribution in [3.63, 3.8) is 0 Å². The summed E-state index contributed by atoms with van der Waals surface area (Å²) in [4.78, 5) is 0. The summed E-state index contributed by atoms with van der Waals surface area (Å²) in [5.41, 5.74) is 23.5. The molecule has 0 aromatic heterocycles. The lowest BCUT2D eigenvalue weighted by atomic mass is 9.78. The topological polar surface area (TPSA) is 9.23 Å². The van der Waals surface area contributed by atoms with Crippen molar-refractivity contribution in [3.8, 4) is 50.3 Å². The fourth-order valence-corrected chi connectivity index (χ4v) is 11.7. The number of benzene rings is 9. The van der Waals surface area contributed by atoms with Gasteiger partial charge in [-0.1, -0.05) is 214 Å². The van der Waals surface area contributed by atoms with Gasteiger partial charge in [0.2, 0.25) is 0 Å². The Labute approximate surface area is 375 Å². The predicted octanol–water partition coefficient (Wildman–Crippen LogP) is 13.6. The van der Waals surface area contributed by atoms with Gasteiger partial charge in [0, 0.05) is 28.4 Å². The monoisotopic (exact) mass is 818 g/mol. The number of hydrogen-bond donors (Lipinski definition) is 0.